The number of likely N-dealkylation sites (tertiary alicyclic amines) is 1. The molecule has 3 rings (SSSR count). The van der Waals surface area contributed by atoms with Gasteiger partial charge in [-0.05, 0) is 24.5 Å². The Morgan fingerprint density at radius 3 is 2.94 bits per heavy atom. The third-order valence-corrected chi connectivity index (χ3v) is 3.86. The summed E-state index contributed by atoms with van der Waals surface area (Å²) in [5.41, 5.74) is 9.59. The van der Waals surface area contributed by atoms with Crippen LogP contribution in [0.1, 0.15) is 18.2 Å². The Hall–Kier alpha value is -1.39. The lowest BCUT2D eigenvalue weighted by molar-refractivity contribution is 0.314. The fraction of sp³-hybridized carbons (Fsp3) is 0.500. The lowest BCUT2D eigenvalue weighted by Crippen LogP contribution is -2.28. The van der Waals surface area contributed by atoms with E-state index in [-0.39, 0.29) is 0 Å². The van der Waals surface area contributed by atoms with Gasteiger partial charge >= 0.3 is 0 Å². The molecule has 0 aromatic carbocycles. The number of rotatable bonds is 2. The Balaban J connectivity index is 1.85. The SMILES string of the molecule is Cc1ccc2ncc(CN3CC(C)C(N)C3)n2c1. The molecular formula is C14H20N4. The van der Waals surface area contributed by atoms with E-state index in [9.17, 15) is 0 Å². The van der Waals surface area contributed by atoms with Gasteiger partial charge in [0.15, 0.2) is 0 Å². The molecule has 2 aromatic heterocycles. The molecule has 1 aliphatic heterocycles. The van der Waals surface area contributed by atoms with Crippen molar-refractivity contribution in [1.82, 2.24) is 14.3 Å². The number of nitrogens with zero attached hydrogens (tertiary/aromatic N) is 3. The molecular weight excluding hydrogens is 224 g/mol. The summed E-state index contributed by atoms with van der Waals surface area (Å²) in [6, 6.07) is 4.47. The standard InChI is InChI=1S/C14H20N4/c1-10-3-4-14-16-5-12(18(14)6-10)8-17-7-11(2)13(15)9-17/h3-6,11,13H,7-9,15H2,1-2H3. The van der Waals surface area contributed by atoms with Crippen LogP contribution >= 0.6 is 0 Å². The maximum absolute atomic E-state index is 6.07. The largest absolute Gasteiger partial charge is 0.326 e. The second-order valence-electron chi connectivity index (χ2n) is 5.52. The van der Waals surface area contributed by atoms with Crippen LogP contribution in [0.2, 0.25) is 0 Å². The minimum absolute atomic E-state index is 0.311. The summed E-state index contributed by atoms with van der Waals surface area (Å²) in [6.45, 7) is 7.34. The van der Waals surface area contributed by atoms with Crippen molar-refractivity contribution in [3.63, 3.8) is 0 Å². The lowest BCUT2D eigenvalue weighted by Gasteiger charge is -2.14. The molecule has 1 aliphatic rings. The molecule has 1 fully saturated rings. The normalized spacial score (nSPS) is 25.1. The molecule has 0 aliphatic carbocycles. The number of hydrogen-bond donors (Lipinski definition) is 1. The zero-order valence-electron chi connectivity index (χ0n) is 11.0. The van der Waals surface area contributed by atoms with Crippen molar-refractivity contribution in [2.75, 3.05) is 13.1 Å². The third-order valence-electron chi connectivity index (χ3n) is 3.86. The summed E-state index contributed by atoms with van der Waals surface area (Å²) in [6.07, 6.45) is 4.13. The van der Waals surface area contributed by atoms with Gasteiger partial charge in [0.2, 0.25) is 0 Å². The maximum atomic E-state index is 6.07. The van der Waals surface area contributed by atoms with Crippen molar-refractivity contribution >= 4 is 5.65 Å². The fourth-order valence-corrected chi connectivity index (χ4v) is 2.71. The van der Waals surface area contributed by atoms with Gasteiger partial charge in [0.25, 0.3) is 0 Å². The zero-order valence-corrected chi connectivity index (χ0v) is 11.0. The van der Waals surface area contributed by atoms with E-state index in [0.29, 0.717) is 12.0 Å². The Bertz CT molecular complexity index is 550. The van der Waals surface area contributed by atoms with E-state index >= 15 is 0 Å². The number of fused-ring (bicyclic) bond motifs is 1. The van der Waals surface area contributed by atoms with Gasteiger partial charge in [-0.3, -0.25) is 4.90 Å². The van der Waals surface area contributed by atoms with Crippen molar-refractivity contribution in [1.29, 1.82) is 0 Å². The number of aryl methyl sites for hydroxylation is 1. The summed E-state index contributed by atoms with van der Waals surface area (Å²) in [4.78, 5) is 6.86. The Labute approximate surface area is 107 Å². The molecule has 2 atom stereocenters. The van der Waals surface area contributed by atoms with Crippen LogP contribution in [0.15, 0.2) is 24.5 Å². The summed E-state index contributed by atoms with van der Waals surface area (Å²) in [5.74, 6) is 0.589. The molecule has 2 unspecified atom stereocenters. The predicted molar refractivity (Wildman–Crippen MR) is 72.3 cm³/mol. The number of nitrogens with two attached hydrogens (primary N) is 1. The first-order chi connectivity index (χ1) is 8.63. The second-order valence-corrected chi connectivity index (χ2v) is 5.52. The van der Waals surface area contributed by atoms with E-state index in [2.05, 4.69) is 46.5 Å². The number of imidazole rings is 1. The second kappa shape index (κ2) is 4.37. The lowest BCUT2D eigenvalue weighted by atomic mass is 10.1. The van der Waals surface area contributed by atoms with Gasteiger partial charge < -0.3 is 10.1 Å². The molecule has 4 nitrogen and oxygen atoms in total. The van der Waals surface area contributed by atoms with Gasteiger partial charge in [-0.15, -0.1) is 0 Å². The average Bonchev–Trinajstić information content (AvgIpc) is 2.85. The van der Waals surface area contributed by atoms with Crippen LogP contribution in [0.4, 0.5) is 0 Å². The highest BCUT2D eigenvalue weighted by Gasteiger charge is 2.26. The van der Waals surface area contributed by atoms with Crippen molar-refractivity contribution in [2.24, 2.45) is 11.7 Å². The topological polar surface area (TPSA) is 46.6 Å². The minimum atomic E-state index is 0.311. The van der Waals surface area contributed by atoms with Gasteiger partial charge in [-0.1, -0.05) is 13.0 Å². The van der Waals surface area contributed by atoms with Crippen molar-refractivity contribution < 1.29 is 0 Å². The molecule has 0 bridgehead atoms. The average molecular weight is 244 g/mol. The molecule has 0 spiro atoms. The highest BCUT2D eigenvalue weighted by Crippen LogP contribution is 2.18. The fourth-order valence-electron chi connectivity index (χ4n) is 2.71. The Morgan fingerprint density at radius 1 is 1.39 bits per heavy atom. The molecule has 2 N–H and O–H groups in total. The number of aromatic nitrogens is 2. The van der Waals surface area contributed by atoms with Gasteiger partial charge in [-0.25, -0.2) is 4.98 Å². The molecule has 0 saturated carbocycles. The van der Waals surface area contributed by atoms with Crippen LogP contribution < -0.4 is 5.73 Å². The van der Waals surface area contributed by atoms with Gasteiger partial charge in [0, 0.05) is 31.9 Å². The number of hydrogen-bond acceptors (Lipinski definition) is 3. The van der Waals surface area contributed by atoms with E-state index < -0.39 is 0 Å². The molecule has 0 radical (unpaired) electrons. The van der Waals surface area contributed by atoms with Crippen molar-refractivity contribution in [3.05, 3.63) is 35.8 Å². The minimum Gasteiger partial charge on any atom is -0.326 e. The predicted octanol–water partition coefficient (Wildman–Crippen LogP) is 1.42. The molecule has 4 heteroatoms. The van der Waals surface area contributed by atoms with Crippen LogP contribution in [0.3, 0.4) is 0 Å². The first-order valence-electron chi connectivity index (χ1n) is 6.54. The van der Waals surface area contributed by atoms with Gasteiger partial charge in [0.05, 0.1) is 11.9 Å². The van der Waals surface area contributed by atoms with Crippen LogP contribution in [-0.2, 0) is 6.54 Å². The molecule has 1 saturated heterocycles. The van der Waals surface area contributed by atoms with Gasteiger partial charge in [-0.2, -0.15) is 0 Å². The smallest absolute Gasteiger partial charge is 0.136 e. The highest BCUT2D eigenvalue weighted by atomic mass is 15.2. The van der Waals surface area contributed by atoms with Crippen LogP contribution in [-0.4, -0.2) is 33.4 Å². The number of pyridine rings is 1. The Kier molecular flexibility index (Phi) is 2.84. The van der Waals surface area contributed by atoms with Crippen molar-refractivity contribution in [2.45, 2.75) is 26.4 Å². The van der Waals surface area contributed by atoms with E-state index in [4.69, 9.17) is 5.73 Å². The monoisotopic (exact) mass is 244 g/mol. The maximum Gasteiger partial charge on any atom is 0.136 e. The van der Waals surface area contributed by atoms with Crippen LogP contribution in [0.5, 0.6) is 0 Å². The van der Waals surface area contributed by atoms with E-state index in [0.717, 1.165) is 25.3 Å². The Morgan fingerprint density at radius 2 is 2.22 bits per heavy atom. The molecule has 2 aromatic rings. The van der Waals surface area contributed by atoms with Crippen molar-refractivity contribution in [3.8, 4) is 0 Å². The zero-order chi connectivity index (χ0) is 12.7. The molecule has 0 amide bonds. The summed E-state index contributed by atoms with van der Waals surface area (Å²) >= 11 is 0. The molecule has 96 valence electrons. The summed E-state index contributed by atoms with van der Waals surface area (Å²) in [5, 5.41) is 0. The highest BCUT2D eigenvalue weighted by molar-refractivity contribution is 5.41. The molecule has 3 heterocycles. The van der Waals surface area contributed by atoms with Crippen LogP contribution in [0.25, 0.3) is 5.65 Å². The first kappa shape index (κ1) is 11.7. The first-order valence-corrected chi connectivity index (χ1v) is 6.54. The van der Waals surface area contributed by atoms with E-state index in [1.54, 1.807) is 0 Å². The quantitative estimate of drug-likeness (QED) is 0.869. The van der Waals surface area contributed by atoms with Crippen LogP contribution in [0, 0.1) is 12.8 Å². The van der Waals surface area contributed by atoms with E-state index in [1.165, 1.54) is 11.3 Å². The third kappa shape index (κ3) is 2.02. The van der Waals surface area contributed by atoms with E-state index in [1.807, 2.05) is 6.20 Å². The molecule has 18 heavy (non-hydrogen) atoms. The summed E-state index contributed by atoms with van der Waals surface area (Å²) in [7, 11) is 0. The van der Waals surface area contributed by atoms with Gasteiger partial charge in [0.1, 0.15) is 5.65 Å². The summed E-state index contributed by atoms with van der Waals surface area (Å²) < 4.78 is 2.18.